The zero-order chi connectivity index (χ0) is 28.6. The van der Waals surface area contributed by atoms with Gasteiger partial charge in [-0.15, -0.1) is 0 Å². The van der Waals surface area contributed by atoms with Crippen LogP contribution >= 0.6 is 11.6 Å². The first-order valence-electron chi connectivity index (χ1n) is 11.8. The van der Waals surface area contributed by atoms with E-state index in [1.165, 1.54) is 30.3 Å². The lowest BCUT2D eigenvalue weighted by molar-refractivity contribution is -0.149. The number of amides is 2. The molecule has 1 heterocycles. The molecule has 0 unspecified atom stereocenters. The molecule has 0 saturated carbocycles. The van der Waals surface area contributed by atoms with Crippen LogP contribution in [-0.2, 0) is 20.5 Å². The van der Waals surface area contributed by atoms with Crippen molar-refractivity contribution in [3.63, 3.8) is 0 Å². The van der Waals surface area contributed by atoms with Gasteiger partial charge < -0.3 is 4.74 Å². The second kappa shape index (κ2) is 10.8. The molecule has 11 heteroatoms. The predicted octanol–water partition coefficient (Wildman–Crippen LogP) is 6.91. The van der Waals surface area contributed by atoms with Crippen LogP contribution in [0.15, 0.2) is 48.5 Å². The van der Waals surface area contributed by atoms with Crippen molar-refractivity contribution in [2.75, 3.05) is 4.90 Å². The zero-order valence-electron chi connectivity index (χ0n) is 21.9. The van der Waals surface area contributed by atoms with Crippen molar-refractivity contribution in [1.29, 1.82) is 0 Å². The van der Waals surface area contributed by atoms with Gasteiger partial charge in [0.25, 0.3) is 5.91 Å². The van der Waals surface area contributed by atoms with Gasteiger partial charge in [-0.05, 0) is 77.3 Å². The van der Waals surface area contributed by atoms with E-state index in [-0.39, 0.29) is 22.4 Å². The maximum atomic E-state index is 14.3. The average molecular weight is 571 g/mol. The molecule has 1 aliphatic heterocycles. The van der Waals surface area contributed by atoms with E-state index in [0.29, 0.717) is 10.6 Å². The Morgan fingerprint density at radius 2 is 1.61 bits per heavy atom. The summed E-state index contributed by atoms with van der Waals surface area (Å²) in [4.78, 5) is 27.6. The Hall–Kier alpha value is -2.69. The lowest BCUT2D eigenvalue weighted by atomic mass is 9.90. The molecule has 0 aliphatic carbocycles. The maximum absolute atomic E-state index is 14.3. The number of ether oxygens (including phenoxy) is 1. The molecule has 0 radical (unpaired) electrons. The molecule has 2 aromatic carbocycles. The number of nitrogens with one attached hydrogen (secondary N) is 1. The summed E-state index contributed by atoms with van der Waals surface area (Å²) in [6.45, 7) is 9.58. The van der Waals surface area contributed by atoms with Crippen molar-refractivity contribution < 1.29 is 31.7 Å². The summed E-state index contributed by atoms with van der Waals surface area (Å²) < 4.78 is 62.1. The van der Waals surface area contributed by atoms with Gasteiger partial charge in [-0.1, -0.05) is 41.9 Å². The number of para-hydroxylation sites is 1. The van der Waals surface area contributed by atoms with Gasteiger partial charge in [0, 0.05) is 10.6 Å². The highest BCUT2D eigenvalue weighted by Crippen LogP contribution is 2.44. The van der Waals surface area contributed by atoms with Crippen LogP contribution in [0.25, 0.3) is 11.1 Å². The van der Waals surface area contributed by atoms with Crippen LogP contribution in [0.5, 0.6) is 0 Å². The number of rotatable bonds is 5. The Bertz CT molecular complexity index is 1280. The summed E-state index contributed by atoms with van der Waals surface area (Å²) in [7, 11) is -2.05. The smallest absolute Gasteiger partial charge is 0.422 e. The molecule has 206 valence electrons. The first-order valence-corrected chi connectivity index (χ1v) is 13.3. The van der Waals surface area contributed by atoms with E-state index in [2.05, 4.69) is 4.72 Å². The third-order valence-electron chi connectivity index (χ3n) is 5.51. The average Bonchev–Trinajstić information content (AvgIpc) is 3.06. The van der Waals surface area contributed by atoms with E-state index >= 15 is 0 Å². The number of carbonyl (C=O) groups is 2. The number of nitrogens with zero attached hydrogens (tertiary/aromatic N) is 1. The fourth-order valence-corrected chi connectivity index (χ4v) is 4.70. The van der Waals surface area contributed by atoms with Crippen LogP contribution in [0.2, 0.25) is 5.02 Å². The molecular weight excluding hydrogens is 541 g/mol. The molecule has 2 atom stereocenters. The maximum Gasteiger partial charge on any atom is 0.422 e. The Morgan fingerprint density at radius 3 is 2.13 bits per heavy atom. The van der Waals surface area contributed by atoms with Crippen molar-refractivity contribution in [2.24, 2.45) is 0 Å². The molecule has 2 amide bonds. The molecule has 38 heavy (non-hydrogen) atoms. The summed E-state index contributed by atoms with van der Waals surface area (Å²) >= 11 is 6.02. The van der Waals surface area contributed by atoms with Crippen molar-refractivity contribution >= 4 is 51.4 Å². The standard InChI is InChI=1S/C27H30ClF3N2O4S/c1-25(2,3)37-24(35)33-20-10-8-7-9-18(20)22(23(33)34)19(16-11-13-17(28)14-12-16)15-21(27(29,30)31)32-38(36)26(4,5)6/h7-14,21,32H,15H2,1-6H3/b22-19+/t21-,38-/m0/s1. The number of carbonyl (C=O) groups excluding carboxylic acids is 2. The summed E-state index contributed by atoms with van der Waals surface area (Å²) in [5.41, 5.74) is -0.192. The number of imide groups is 1. The largest absolute Gasteiger partial charge is 0.443 e. The van der Waals surface area contributed by atoms with Gasteiger partial charge in [-0.25, -0.2) is 18.6 Å². The van der Waals surface area contributed by atoms with Gasteiger partial charge in [0.1, 0.15) is 11.6 Å². The van der Waals surface area contributed by atoms with Crippen LogP contribution in [0, 0.1) is 0 Å². The quantitative estimate of drug-likeness (QED) is 0.397. The molecule has 0 fully saturated rings. The number of benzene rings is 2. The molecule has 6 nitrogen and oxygen atoms in total. The van der Waals surface area contributed by atoms with Crippen LogP contribution < -0.4 is 9.62 Å². The Balaban J connectivity index is 2.23. The highest BCUT2D eigenvalue weighted by Gasteiger charge is 2.45. The second-order valence-electron chi connectivity index (χ2n) is 10.8. The summed E-state index contributed by atoms with van der Waals surface area (Å²) in [5, 5.41) is 0.353. The number of hydrogen-bond donors (Lipinski definition) is 1. The van der Waals surface area contributed by atoms with Gasteiger partial charge in [-0.3, -0.25) is 4.79 Å². The van der Waals surface area contributed by atoms with E-state index in [9.17, 15) is 27.0 Å². The lowest BCUT2D eigenvalue weighted by Crippen LogP contribution is -2.47. The lowest BCUT2D eigenvalue weighted by Gasteiger charge is -2.27. The van der Waals surface area contributed by atoms with Gasteiger partial charge in [0.05, 0.1) is 27.0 Å². The first-order chi connectivity index (χ1) is 17.4. The van der Waals surface area contributed by atoms with Gasteiger partial charge in [0.15, 0.2) is 0 Å². The van der Waals surface area contributed by atoms with Gasteiger partial charge in [0.2, 0.25) is 0 Å². The highest BCUT2D eigenvalue weighted by atomic mass is 35.5. The van der Waals surface area contributed by atoms with Crippen molar-refractivity contribution in [1.82, 2.24) is 4.72 Å². The third kappa shape index (κ3) is 6.84. The summed E-state index contributed by atoms with van der Waals surface area (Å²) in [5.74, 6) is -0.816. The predicted molar refractivity (Wildman–Crippen MR) is 144 cm³/mol. The SMILES string of the molecule is CC(C)(C)OC(=O)N1C(=O)/C(=C(\C[C@H](N[S@@](=O)C(C)(C)C)C(F)(F)F)c2ccc(Cl)cc2)c2ccccc21. The molecule has 1 aliphatic rings. The minimum absolute atomic E-state index is 0.0194. The van der Waals surface area contributed by atoms with Gasteiger partial charge >= 0.3 is 12.3 Å². The topological polar surface area (TPSA) is 75.7 Å². The Morgan fingerprint density at radius 1 is 1.03 bits per heavy atom. The monoisotopic (exact) mass is 570 g/mol. The number of alkyl halides is 3. The molecule has 0 saturated heterocycles. The highest BCUT2D eigenvalue weighted by molar-refractivity contribution is 7.84. The number of halogens is 4. The number of anilines is 1. The van der Waals surface area contributed by atoms with Gasteiger partial charge in [-0.2, -0.15) is 13.2 Å². The third-order valence-corrected chi connectivity index (χ3v) is 7.37. The van der Waals surface area contributed by atoms with E-state index in [1.54, 1.807) is 59.7 Å². The molecule has 1 N–H and O–H groups in total. The molecule has 2 aromatic rings. The normalized spacial score (nSPS) is 17.2. The van der Waals surface area contributed by atoms with E-state index in [1.807, 2.05) is 0 Å². The van der Waals surface area contributed by atoms with Crippen LogP contribution in [-0.4, -0.2) is 38.8 Å². The minimum Gasteiger partial charge on any atom is -0.443 e. The van der Waals surface area contributed by atoms with E-state index < -0.39 is 52.0 Å². The van der Waals surface area contributed by atoms with Crippen molar-refractivity contribution in [2.45, 2.75) is 70.5 Å². The minimum atomic E-state index is -4.80. The molecule has 3 rings (SSSR count). The fraction of sp³-hybridized carbons (Fsp3) is 0.407. The molecule has 0 spiro atoms. The number of fused-ring (bicyclic) bond motifs is 1. The zero-order valence-corrected chi connectivity index (χ0v) is 23.5. The van der Waals surface area contributed by atoms with Crippen molar-refractivity contribution in [3.05, 3.63) is 64.7 Å². The summed E-state index contributed by atoms with van der Waals surface area (Å²) in [6.07, 6.45) is -6.48. The van der Waals surface area contributed by atoms with Crippen molar-refractivity contribution in [3.8, 4) is 0 Å². The van der Waals surface area contributed by atoms with E-state index in [0.717, 1.165) is 4.90 Å². The second-order valence-corrected chi connectivity index (χ2v) is 13.2. The van der Waals surface area contributed by atoms with Crippen LogP contribution in [0.4, 0.5) is 23.7 Å². The first kappa shape index (κ1) is 29.9. The summed E-state index contributed by atoms with van der Waals surface area (Å²) in [6, 6.07) is 10.1. The Labute approximate surface area is 227 Å². The van der Waals surface area contributed by atoms with Crippen LogP contribution in [0.3, 0.4) is 0 Å². The van der Waals surface area contributed by atoms with E-state index in [4.69, 9.17) is 16.3 Å². The Kier molecular flexibility index (Phi) is 8.50. The fourth-order valence-electron chi connectivity index (χ4n) is 3.75. The molecular formula is C27H30ClF3N2O4S. The molecule has 0 aromatic heterocycles. The number of hydrogen-bond acceptors (Lipinski definition) is 4. The van der Waals surface area contributed by atoms with Crippen LogP contribution in [0.1, 0.15) is 59.1 Å². The molecule has 0 bridgehead atoms.